The third-order valence-electron chi connectivity index (χ3n) is 3.80. The molecule has 0 saturated carbocycles. The number of benzene rings is 2. The van der Waals surface area contributed by atoms with Gasteiger partial charge in [-0.05, 0) is 43.3 Å². The molecule has 3 aromatic rings. The molecule has 0 aliphatic heterocycles. The Morgan fingerprint density at radius 3 is 2.60 bits per heavy atom. The van der Waals surface area contributed by atoms with Crippen molar-refractivity contribution in [3.05, 3.63) is 68.8 Å². The molecule has 6 heteroatoms. The van der Waals surface area contributed by atoms with Crippen LogP contribution in [0.1, 0.15) is 15.9 Å². The highest BCUT2D eigenvalue weighted by Crippen LogP contribution is 2.28. The van der Waals surface area contributed by atoms with Gasteiger partial charge in [-0.3, -0.25) is 4.79 Å². The largest absolute Gasteiger partial charge is 0.460 e. The SMILES string of the molecule is Cc1c(-c2ccc(Cl)cc2)oc2c(C(=O)OCCO)cccc2c1=O. The van der Waals surface area contributed by atoms with E-state index < -0.39 is 5.97 Å². The Bertz CT molecular complexity index is 989. The number of esters is 1. The van der Waals surface area contributed by atoms with Gasteiger partial charge in [-0.1, -0.05) is 17.7 Å². The quantitative estimate of drug-likeness (QED) is 0.721. The van der Waals surface area contributed by atoms with Crippen molar-refractivity contribution in [2.45, 2.75) is 6.92 Å². The molecule has 0 aliphatic rings. The Balaban J connectivity index is 2.23. The van der Waals surface area contributed by atoms with Crippen LogP contribution in [0.25, 0.3) is 22.3 Å². The Morgan fingerprint density at radius 1 is 1.20 bits per heavy atom. The molecule has 2 aromatic carbocycles. The molecule has 1 heterocycles. The van der Waals surface area contributed by atoms with Crippen molar-refractivity contribution in [3.63, 3.8) is 0 Å². The number of carbonyl (C=O) groups is 1. The van der Waals surface area contributed by atoms with Crippen LogP contribution in [0.2, 0.25) is 5.02 Å². The van der Waals surface area contributed by atoms with E-state index in [4.69, 9.17) is 25.9 Å². The van der Waals surface area contributed by atoms with Gasteiger partial charge < -0.3 is 14.3 Å². The summed E-state index contributed by atoms with van der Waals surface area (Å²) in [5.74, 6) is -0.287. The molecule has 0 aliphatic carbocycles. The van der Waals surface area contributed by atoms with E-state index in [2.05, 4.69) is 0 Å². The van der Waals surface area contributed by atoms with Crippen LogP contribution in [-0.4, -0.2) is 24.3 Å². The molecule has 5 nitrogen and oxygen atoms in total. The maximum atomic E-state index is 12.7. The molecule has 0 atom stereocenters. The van der Waals surface area contributed by atoms with Gasteiger partial charge in [0, 0.05) is 16.1 Å². The lowest BCUT2D eigenvalue weighted by molar-refractivity contribution is 0.0435. The Hall–Kier alpha value is -2.63. The molecule has 0 unspecified atom stereocenters. The maximum absolute atomic E-state index is 12.7. The third kappa shape index (κ3) is 3.29. The maximum Gasteiger partial charge on any atom is 0.342 e. The van der Waals surface area contributed by atoms with E-state index in [0.29, 0.717) is 27.3 Å². The predicted molar refractivity (Wildman–Crippen MR) is 95.0 cm³/mol. The standard InChI is InChI=1S/C19H15ClO5/c1-11-16(22)14-3-2-4-15(19(23)24-10-9-21)18(14)25-17(11)12-5-7-13(20)8-6-12/h2-8,21H,9-10H2,1H3. The Morgan fingerprint density at radius 2 is 1.92 bits per heavy atom. The number of ether oxygens (including phenoxy) is 1. The van der Waals surface area contributed by atoms with E-state index in [1.807, 2.05) is 0 Å². The fourth-order valence-electron chi connectivity index (χ4n) is 2.56. The summed E-state index contributed by atoms with van der Waals surface area (Å²) < 4.78 is 10.9. The van der Waals surface area contributed by atoms with Crippen molar-refractivity contribution in [2.24, 2.45) is 0 Å². The first-order valence-electron chi connectivity index (χ1n) is 7.63. The molecule has 1 N–H and O–H groups in total. The van der Waals surface area contributed by atoms with Gasteiger partial charge >= 0.3 is 5.97 Å². The summed E-state index contributed by atoms with van der Waals surface area (Å²) in [6, 6.07) is 11.6. The predicted octanol–water partition coefficient (Wildman–Crippen LogP) is 3.57. The minimum absolute atomic E-state index is 0.130. The van der Waals surface area contributed by atoms with Crippen LogP contribution in [0.15, 0.2) is 51.7 Å². The van der Waals surface area contributed by atoms with Gasteiger partial charge in [0.1, 0.15) is 17.9 Å². The third-order valence-corrected chi connectivity index (χ3v) is 4.05. The number of hydrogen-bond donors (Lipinski definition) is 1. The first-order valence-corrected chi connectivity index (χ1v) is 8.01. The molecule has 0 saturated heterocycles. The smallest absolute Gasteiger partial charge is 0.342 e. The molecular weight excluding hydrogens is 344 g/mol. The molecule has 0 fully saturated rings. The monoisotopic (exact) mass is 358 g/mol. The Kier molecular flexibility index (Phi) is 4.88. The van der Waals surface area contributed by atoms with E-state index in [9.17, 15) is 9.59 Å². The number of rotatable bonds is 4. The molecule has 1 aromatic heterocycles. The number of halogens is 1. The molecule has 25 heavy (non-hydrogen) atoms. The lowest BCUT2D eigenvalue weighted by Crippen LogP contribution is -2.12. The number of hydrogen-bond acceptors (Lipinski definition) is 5. The fourth-order valence-corrected chi connectivity index (χ4v) is 2.69. The number of fused-ring (bicyclic) bond motifs is 1. The number of carbonyl (C=O) groups excluding carboxylic acids is 1. The number of aliphatic hydroxyl groups is 1. The highest BCUT2D eigenvalue weighted by molar-refractivity contribution is 6.30. The van der Waals surface area contributed by atoms with Gasteiger partial charge in [-0.15, -0.1) is 0 Å². The average molecular weight is 359 g/mol. The van der Waals surface area contributed by atoms with E-state index >= 15 is 0 Å². The van der Waals surface area contributed by atoms with Crippen molar-refractivity contribution in [2.75, 3.05) is 13.2 Å². The molecule has 128 valence electrons. The minimum atomic E-state index is -0.659. The molecule has 0 radical (unpaired) electrons. The van der Waals surface area contributed by atoms with E-state index in [1.165, 1.54) is 6.07 Å². The second-order valence-corrected chi connectivity index (χ2v) is 5.87. The van der Waals surface area contributed by atoms with Crippen molar-refractivity contribution in [1.29, 1.82) is 0 Å². The van der Waals surface area contributed by atoms with Crippen LogP contribution in [0.3, 0.4) is 0 Å². The average Bonchev–Trinajstić information content (AvgIpc) is 2.63. The molecule has 0 amide bonds. The fraction of sp³-hybridized carbons (Fsp3) is 0.158. The number of aliphatic hydroxyl groups excluding tert-OH is 1. The normalized spacial score (nSPS) is 10.8. The van der Waals surface area contributed by atoms with Crippen LogP contribution in [-0.2, 0) is 4.74 Å². The topological polar surface area (TPSA) is 76.7 Å². The summed E-state index contributed by atoms with van der Waals surface area (Å²) in [7, 11) is 0. The van der Waals surface area contributed by atoms with Crippen LogP contribution < -0.4 is 5.43 Å². The molecular formula is C19H15ClO5. The van der Waals surface area contributed by atoms with Crippen molar-refractivity contribution < 1.29 is 19.1 Å². The molecule has 0 spiro atoms. The van der Waals surface area contributed by atoms with Gasteiger partial charge in [-0.25, -0.2) is 4.79 Å². The van der Waals surface area contributed by atoms with E-state index in [1.54, 1.807) is 43.3 Å². The number of para-hydroxylation sites is 1. The van der Waals surface area contributed by atoms with Crippen LogP contribution in [0.4, 0.5) is 0 Å². The summed E-state index contributed by atoms with van der Waals surface area (Å²) in [6.45, 7) is 1.26. The summed E-state index contributed by atoms with van der Waals surface area (Å²) >= 11 is 5.91. The summed E-state index contributed by atoms with van der Waals surface area (Å²) in [4.78, 5) is 24.9. The molecule has 3 rings (SSSR count). The minimum Gasteiger partial charge on any atom is -0.460 e. The van der Waals surface area contributed by atoms with Crippen LogP contribution in [0.5, 0.6) is 0 Å². The van der Waals surface area contributed by atoms with Gasteiger partial charge in [0.25, 0.3) is 0 Å². The van der Waals surface area contributed by atoms with Gasteiger partial charge in [-0.2, -0.15) is 0 Å². The van der Waals surface area contributed by atoms with E-state index in [0.717, 1.165) is 0 Å². The summed E-state index contributed by atoms with van der Waals surface area (Å²) in [5, 5.41) is 9.68. The van der Waals surface area contributed by atoms with Crippen molar-refractivity contribution in [1.82, 2.24) is 0 Å². The highest BCUT2D eigenvalue weighted by atomic mass is 35.5. The Labute approximate surface area is 148 Å². The summed E-state index contributed by atoms with van der Waals surface area (Å²) in [6.07, 6.45) is 0. The van der Waals surface area contributed by atoms with Crippen molar-refractivity contribution >= 4 is 28.5 Å². The van der Waals surface area contributed by atoms with Crippen LogP contribution in [0, 0.1) is 6.92 Å². The van der Waals surface area contributed by atoms with E-state index in [-0.39, 0.29) is 29.8 Å². The van der Waals surface area contributed by atoms with Gasteiger partial charge in [0.15, 0.2) is 11.0 Å². The lowest BCUT2D eigenvalue weighted by atomic mass is 10.0. The van der Waals surface area contributed by atoms with Gasteiger partial charge in [0.05, 0.1) is 12.0 Å². The first kappa shape index (κ1) is 17.2. The lowest BCUT2D eigenvalue weighted by Gasteiger charge is -2.10. The second-order valence-electron chi connectivity index (χ2n) is 5.43. The van der Waals surface area contributed by atoms with Gasteiger partial charge in [0.2, 0.25) is 0 Å². The zero-order valence-electron chi connectivity index (χ0n) is 13.4. The first-order chi connectivity index (χ1) is 12.0. The second kappa shape index (κ2) is 7.09. The van der Waals surface area contributed by atoms with Crippen molar-refractivity contribution in [3.8, 4) is 11.3 Å². The molecule has 0 bridgehead atoms. The zero-order chi connectivity index (χ0) is 18.0. The zero-order valence-corrected chi connectivity index (χ0v) is 14.2. The highest BCUT2D eigenvalue weighted by Gasteiger charge is 2.19. The summed E-state index contributed by atoms with van der Waals surface area (Å²) in [5.41, 5.74) is 1.20. The van der Waals surface area contributed by atoms with Crippen LogP contribution >= 0.6 is 11.6 Å².